The van der Waals surface area contributed by atoms with Crippen LogP contribution in [-0.4, -0.2) is 34.2 Å². The SMILES string of the molecule is Cn1c(N2CCOC(c3ccc(F)cc3)CC2)nc(-c2ccncc2F)cc1=O. The number of halogens is 2. The molecule has 3 heterocycles. The fourth-order valence-corrected chi connectivity index (χ4v) is 3.44. The van der Waals surface area contributed by atoms with Crippen molar-refractivity contribution in [2.45, 2.75) is 12.5 Å². The summed E-state index contributed by atoms with van der Waals surface area (Å²) in [6.07, 6.45) is 3.04. The van der Waals surface area contributed by atoms with Crippen LogP contribution in [0.3, 0.4) is 0 Å². The average Bonchev–Trinajstić information content (AvgIpc) is 2.97. The minimum Gasteiger partial charge on any atom is -0.372 e. The van der Waals surface area contributed by atoms with Crippen LogP contribution in [0.2, 0.25) is 0 Å². The molecular weight excluding hydrogens is 378 g/mol. The van der Waals surface area contributed by atoms with E-state index in [1.54, 1.807) is 19.2 Å². The van der Waals surface area contributed by atoms with Gasteiger partial charge in [-0.2, -0.15) is 0 Å². The van der Waals surface area contributed by atoms with Crippen molar-refractivity contribution >= 4 is 5.95 Å². The van der Waals surface area contributed by atoms with Gasteiger partial charge in [0.15, 0.2) is 5.82 Å². The van der Waals surface area contributed by atoms with Crippen LogP contribution in [0.4, 0.5) is 14.7 Å². The van der Waals surface area contributed by atoms with Gasteiger partial charge in [-0.05, 0) is 30.2 Å². The van der Waals surface area contributed by atoms with E-state index in [-0.39, 0.29) is 28.7 Å². The van der Waals surface area contributed by atoms with E-state index in [9.17, 15) is 13.6 Å². The Morgan fingerprint density at radius 3 is 2.69 bits per heavy atom. The van der Waals surface area contributed by atoms with Crippen LogP contribution in [0, 0.1) is 11.6 Å². The first-order chi connectivity index (χ1) is 14.0. The second-order valence-corrected chi connectivity index (χ2v) is 6.88. The molecule has 1 fully saturated rings. The minimum atomic E-state index is -0.533. The standard InChI is InChI=1S/C21H20F2N4O2/c1-26-20(28)12-18(16-6-8-24-13-17(16)23)25-21(26)27-9-7-19(29-11-10-27)14-2-4-15(22)5-3-14/h2-6,8,12-13,19H,7,9-11H2,1H3. The van der Waals surface area contributed by atoms with Crippen molar-refractivity contribution in [3.05, 3.63) is 76.3 Å². The van der Waals surface area contributed by atoms with E-state index in [2.05, 4.69) is 9.97 Å². The molecule has 2 aromatic heterocycles. The van der Waals surface area contributed by atoms with Gasteiger partial charge in [0.25, 0.3) is 5.56 Å². The van der Waals surface area contributed by atoms with Crippen molar-refractivity contribution in [2.24, 2.45) is 7.05 Å². The maximum absolute atomic E-state index is 14.1. The fraction of sp³-hybridized carbons (Fsp3) is 0.286. The van der Waals surface area contributed by atoms with Gasteiger partial charge >= 0.3 is 0 Å². The summed E-state index contributed by atoms with van der Waals surface area (Å²) in [5, 5.41) is 0. The van der Waals surface area contributed by atoms with Gasteiger partial charge in [0, 0.05) is 38.0 Å². The Balaban J connectivity index is 1.62. The number of nitrogens with zero attached hydrogens (tertiary/aromatic N) is 4. The highest BCUT2D eigenvalue weighted by Crippen LogP contribution is 2.26. The number of aromatic nitrogens is 3. The highest BCUT2D eigenvalue weighted by molar-refractivity contribution is 5.60. The molecule has 1 aromatic carbocycles. The first-order valence-corrected chi connectivity index (χ1v) is 9.33. The van der Waals surface area contributed by atoms with Gasteiger partial charge in [-0.15, -0.1) is 0 Å². The molecule has 0 radical (unpaired) electrons. The van der Waals surface area contributed by atoms with Crippen molar-refractivity contribution in [3.8, 4) is 11.3 Å². The first-order valence-electron chi connectivity index (χ1n) is 9.33. The Kier molecular flexibility index (Phi) is 5.35. The third-order valence-corrected chi connectivity index (χ3v) is 5.03. The number of ether oxygens (including phenoxy) is 1. The summed E-state index contributed by atoms with van der Waals surface area (Å²) >= 11 is 0. The van der Waals surface area contributed by atoms with Crippen LogP contribution in [0.25, 0.3) is 11.3 Å². The number of benzene rings is 1. The van der Waals surface area contributed by atoms with Gasteiger partial charge in [-0.25, -0.2) is 13.8 Å². The Morgan fingerprint density at radius 2 is 1.93 bits per heavy atom. The average molecular weight is 398 g/mol. The minimum absolute atomic E-state index is 0.168. The van der Waals surface area contributed by atoms with Crippen LogP contribution in [0.5, 0.6) is 0 Å². The molecule has 0 N–H and O–H groups in total. The first kappa shape index (κ1) is 19.2. The van der Waals surface area contributed by atoms with Crippen LogP contribution in [0.15, 0.2) is 53.6 Å². The molecule has 150 valence electrons. The summed E-state index contributed by atoms with van der Waals surface area (Å²) in [6.45, 7) is 1.54. The van der Waals surface area contributed by atoms with Gasteiger partial charge in [-0.1, -0.05) is 12.1 Å². The maximum atomic E-state index is 14.1. The lowest BCUT2D eigenvalue weighted by molar-refractivity contribution is 0.0647. The second kappa shape index (κ2) is 8.08. The third-order valence-electron chi connectivity index (χ3n) is 5.03. The van der Waals surface area contributed by atoms with Crippen LogP contribution in [-0.2, 0) is 11.8 Å². The summed E-state index contributed by atoms with van der Waals surface area (Å²) in [5.74, 6) is -0.370. The lowest BCUT2D eigenvalue weighted by Gasteiger charge is -2.23. The molecule has 3 aromatic rings. The van der Waals surface area contributed by atoms with Crippen LogP contribution >= 0.6 is 0 Å². The fourth-order valence-electron chi connectivity index (χ4n) is 3.44. The Labute approximate surface area is 166 Å². The Bertz CT molecular complexity index is 1070. The lowest BCUT2D eigenvalue weighted by atomic mass is 10.1. The zero-order chi connectivity index (χ0) is 20.4. The molecule has 1 unspecified atom stereocenters. The van der Waals surface area contributed by atoms with Crippen molar-refractivity contribution in [2.75, 3.05) is 24.6 Å². The number of anilines is 1. The van der Waals surface area contributed by atoms with E-state index in [1.165, 1.54) is 35.0 Å². The predicted molar refractivity (Wildman–Crippen MR) is 105 cm³/mol. The molecule has 0 aliphatic carbocycles. The molecule has 8 heteroatoms. The monoisotopic (exact) mass is 398 g/mol. The van der Waals surface area contributed by atoms with E-state index in [4.69, 9.17) is 4.74 Å². The molecule has 0 amide bonds. The Hall–Kier alpha value is -3.13. The number of hydrogen-bond acceptors (Lipinski definition) is 5. The van der Waals surface area contributed by atoms with Crippen LogP contribution in [0.1, 0.15) is 18.1 Å². The van der Waals surface area contributed by atoms with Gasteiger partial charge < -0.3 is 9.64 Å². The molecule has 1 atom stereocenters. The molecule has 6 nitrogen and oxygen atoms in total. The molecule has 1 aliphatic rings. The van der Waals surface area contributed by atoms with Crippen molar-refractivity contribution in [3.63, 3.8) is 0 Å². The molecule has 0 spiro atoms. The summed E-state index contributed by atoms with van der Waals surface area (Å²) in [7, 11) is 1.64. The molecule has 0 saturated carbocycles. The maximum Gasteiger partial charge on any atom is 0.255 e. The van der Waals surface area contributed by atoms with Gasteiger partial charge in [-0.3, -0.25) is 14.3 Å². The predicted octanol–water partition coefficient (Wildman–Crippen LogP) is 3.09. The van der Waals surface area contributed by atoms with Gasteiger partial charge in [0.1, 0.15) is 5.82 Å². The topological polar surface area (TPSA) is 60.2 Å². The highest BCUT2D eigenvalue weighted by atomic mass is 19.1. The number of rotatable bonds is 3. The van der Waals surface area contributed by atoms with Crippen molar-refractivity contribution < 1.29 is 13.5 Å². The summed E-state index contributed by atoms with van der Waals surface area (Å²) in [5.41, 5.74) is 1.13. The van der Waals surface area contributed by atoms with E-state index >= 15 is 0 Å². The highest BCUT2D eigenvalue weighted by Gasteiger charge is 2.22. The smallest absolute Gasteiger partial charge is 0.255 e. The van der Waals surface area contributed by atoms with E-state index < -0.39 is 5.82 Å². The Morgan fingerprint density at radius 1 is 1.14 bits per heavy atom. The van der Waals surface area contributed by atoms with Crippen LogP contribution < -0.4 is 10.5 Å². The molecule has 1 aliphatic heterocycles. The van der Waals surface area contributed by atoms with Gasteiger partial charge in [0.2, 0.25) is 5.95 Å². The van der Waals surface area contributed by atoms with E-state index in [0.29, 0.717) is 32.1 Å². The van der Waals surface area contributed by atoms with E-state index in [0.717, 1.165) is 11.8 Å². The third kappa shape index (κ3) is 4.02. The molecule has 4 rings (SSSR count). The van der Waals surface area contributed by atoms with Gasteiger partial charge in [0.05, 0.1) is 24.6 Å². The normalized spacial score (nSPS) is 17.2. The molecule has 0 bridgehead atoms. The zero-order valence-corrected chi connectivity index (χ0v) is 15.9. The summed E-state index contributed by atoms with van der Waals surface area (Å²) < 4.78 is 34.7. The molecule has 29 heavy (non-hydrogen) atoms. The number of hydrogen-bond donors (Lipinski definition) is 0. The zero-order valence-electron chi connectivity index (χ0n) is 15.9. The molecular formula is C21H20F2N4O2. The second-order valence-electron chi connectivity index (χ2n) is 6.88. The quantitative estimate of drug-likeness (QED) is 0.679. The number of pyridine rings is 1. The van der Waals surface area contributed by atoms with E-state index in [1.807, 2.05) is 4.90 Å². The summed E-state index contributed by atoms with van der Waals surface area (Å²) in [4.78, 5) is 22.7. The summed E-state index contributed by atoms with van der Waals surface area (Å²) in [6, 6.07) is 9.08. The van der Waals surface area contributed by atoms with Crippen molar-refractivity contribution in [1.82, 2.24) is 14.5 Å². The largest absolute Gasteiger partial charge is 0.372 e. The van der Waals surface area contributed by atoms with Crippen molar-refractivity contribution in [1.29, 1.82) is 0 Å². The molecule has 1 saturated heterocycles. The lowest BCUT2D eigenvalue weighted by Crippen LogP contribution is -2.33.